The van der Waals surface area contributed by atoms with Gasteiger partial charge in [0.1, 0.15) is 0 Å². The first-order valence-corrected chi connectivity index (χ1v) is 9.42. The summed E-state index contributed by atoms with van der Waals surface area (Å²) in [6.07, 6.45) is 11.3. The molecule has 3 nitrogen and oxygen atoms in total. The molecule has 4 aliphatic carbocycles. The topological polar surface area (TPSA) is 57.5 Å². The molecule has 0 heterocycles. The number of carbonyl (C=O) groups is 1. The molecule has 4 aliphatic rings. The predicted molar refractivity (Wildman–Crippen MR) is 88.9 cm³/mol. The van der Waals surface area contributed by atoms with Crippen molar-refractivity contribution in [2.45, 2.75) is 65.2 Å². The zero-order chi connectivity index (χ0) is 16.5. The lowest BCUT2D eigenvalue weighted by Gasteiger charge is -2.64. The van der Waals surface area contributed by atoms with Crippen LogP contribution in [0.5, 0.6) is 0 Å². The van der Waals surface area contributed by atoms with E-state index in [4.69, 9.17) is 0 Å². The Morgan fingerprint density at radius 2 is 1.96 bits per heavy atom. The van der Waals surface area contributed by atoms with E-state index in [1.165, 1.54) is 19.3 Å². The zero-order valence-corrected chi connectivity index (χ0v) is 14.5. The molecule has 0 aromatic carbocycles. The number of aliphatic hydroxyl groups is 1. The molecule has 3 saturated carbocycles. The van der Waals surface area contributed by atoms with Crippen LogP contribution in [0.4, 0.5) is 0 Å². The molecular formula is C20H30O3. The SMILES string of the molecule is C[C@]1(CO)CCC[C@]2(C)[C@@H]1CC[C@]13C=C(C(=O)O)[C@H](CC[C@H]12)C3. The van der Waals surface area contributed by atoms with Crippen LogP contribution in [0.1, 0.15) is 65.2 Å². The standard InChI is InChI=1S/C20H30O3/c1-18(12-21)7-3-8-19(2)15(18)6-9-20-10-13(4-5-16(19)20)14(11-20)17(22)23/h11,13,15-16,21H,3-10,12H2,1-2H3,(H,22,23)/t13-,15-,16+,18-,19-,20+/m1/s1. The maximum absolute atomic E-state index is 11.6. The Hall–Kier alpha value is -0.830. The Morgan fingerprint density at radius 3 is 2.65 bits per heavy atom. The van der Waals surface area contributed by atoms with Gasteiger partial charge in [-0.2, -0.15) is 0 Å². The van der Waals surface area contributed by atoms with Crippen LogP contribution in [0.2, 0.25) is 0 Å². The van der Waals surface area contributed by atoms with E-state index in [9.17, 15) is 15.0 Å². The van der Waals surface area contributed by atoms with Gasteiger partial charge >= 0.3 is 5.97 Å². The molecule has 0 amide bonds. The predicted octanol–water partition coefficient (Wildman–Crippen LogP) is 4.01. The third kappa shape index (κ3) is 1.95. The summed E-state index contributed by atoms with van der Waals surface area (Å²) in [6, 6.07) is 0. The number of carboxylic acid groups (broad SMARTS) is 1. The summed E-state index contributed by atoms with van der Waals surface area (Å²) in [5.74, 6) is 0.789. The fraction of sp³-hybridized carbons (Fsp3) is 0.850. The number of fused-ring (bicyclic) bond motifs is 3. The van der Waals surface area contributed by atoms with E-state index in [-0.39, 0.29) is 22.2 Å². The Morgan fingerprint density at radius 1 is 1.17 bits per heavy atom. The Bertz CT molecular complexity index is 567. The zero-order valence-electron chi connectivity index (χ0n) is 14.5. The van der Waals surface area contributed by atoms with Gasteiger partial charge in [0, 0.05) is 12.2 Å². The molecule has 0 aromatic rings. The average Bonchev–Trinajstić information content (AvgIpc) is 2.78. The molecular weight excluding hydrogens is 288 g/mol. The highest BCUT2D eigenvalue weighted by Crippen LogP contribution is 2.70. The van der Waals surface area contributed by atoms with Gasteiger partial charge in [0.2, 0.25) is 0 Å². The highest BCUT2D eigenvalue weighted by Gasteiger charge is 2.63. The van der Waals surface area contributed by atoms with Gasteiger partial charge in [-0.25, -0.2) is 4.79 Å². The largest absolute Gasteiger partial charge is 0.478 e. The van der Waals surface area contributed by atoms with E-state index in [0.29, 0.717) is 24.0 Å². The van der Waals surface area contributed by atoms with Gasteiger partial charge in [-0.15, -0.1) is 0 Å². The average molecular weight is 318 g/mol. The number of rotatable bonds is 2. The third-order valence-corrected chi connectivity index (χ3v) is 8.41. The van der Waals surface area contributed by atoms with Crippen LogP contribution < -0.4 is 0 Å². The van der Waals surface area contributed by atoms with Gasteiger partial charge in [0.15, 0.2) is 0 Å². The van der Waals surface area contributed by atoms with Crippen molar-refractivity contribution in [2.24, 2.45) is 34.0 Å². The van der Waals surface area contributed by atoms with Crippen LogP contribution in [-0.4, -0.2) is 22.8 Å². The minimum Gasteiger partial charge on any atom is -0.478 e. The summed E-state index contributed by atoms with van der Waals surface area (Å²) >= 11 is 0. The molecule has 4 rings (SSSR count). The molecule has 0 saturated heterocycles. The summed E-state index contributed by atoms with van der Waals surface area (Å²) in [5, 5.41) is 19.6. The van der Waals surface area contributed by atoms with E-state index in [1.807, 2.05) is 0 Å². The summed E-state index contributed by atoms with van der Waals surface area (Å²) in [6.45, 7) is 5.04. The molecule has 3 heteroatoms. The number of aliphatic hydroxyl groups excluding tert-OH is 1. The summed E-state index contributed by atoms with van der Waals surface area (Å²) in [5.41, 5.74) is 1.16. The van der Waals surface area contributed by atoms with Crippen LogP contribution in [0.15, 0.2) is 11.6 Å². The van der Waals surface area contributed by atoms with Crippen LogP contribution >= 0.6 is 0 Å². The lowest BCUT2D eigenvalue weighted by atomic mass is 9.41. The molecule has 2 bridgehead atoms. The molecule has 3 fully saturated rings. The Kier molecular flexibility index (Phi) is 3.30. The summed E-state index contributed by atoms with van der Waals surface area (Å²) in [7, 11) is 0. The normalized spacial score (nSPS) is 51.6. The van der Waals surface area contributed by atoms with Crippen LogP contribution in [0.3, 0.4) is 0 Å². The lowest BCUT2D eigenvalue weighted by molar-refractivity contribution is -0.149. The maximum atomic E-state index is 11.6. The maximum Gasteiger partial charge on any atom is 0.331 e. The lowest BCUT2D eigenvalue weighted by Crippen LogP contribution is -2.57. The molecule has 6 atom stereocenters. The van der Waals surface area contributed by atoms with Crippen molar-refractivity contribution in [3.8, 4) is 0 Å². The summed E-state index contributed by atoms with van der Waals surface area (Å²) in [4.78, 5) is 11.6. The van der Waals surface area contributed by atoms with E-state index in [1.54, 1.807) is 0 Å². The van der Waals surface area contributed by atoms with Crippen LogP contribution in [0.25, 0.3) is 0 Å². The highest BCUT2D eigenvalue weighted by atomic mass is 16.4. The molecule has 128 valence electrons. The minimum absolute atomic E-state index is 0.0589. The highest BCUT2D eigenvalue weighted by molar-refractivity contribution is 5.88. The fourth-order valence-corrected chi connectivity index (χ4v) is 7.50. The van der Waals surface area contributed by atoms with Gasteiger partial charge in [-0.05, 0) is 78.9 Å². The van der Waals surface area contributed by atoms with Crippen molar-refractivity contribution in [3.63, 3.8) is 0 Å². The second-order valence-electron chi connectivity index (χ2n) is 9.43. The number of hydrogen-bond donors (Lipinski definition) is 2. The van der Waals surface area contributed by atoms with Crippen molar-refractivity contribution >= 4 is 5.97 Å². The van der Waals surface area contributed by atoms with E-state index >= 15 is 0 Å². The first-order valence-electron chi connectivity index (χ1n) is 9.42. The Balaban J connectivity index is 1.75. The van der Waals surface area contributed by atoms with Crippen LogP contribution in [-0.2, 0) is 4.79 Å². The molecule has 0 unspecified atom stereocenters. The van der Waals surface area contributed by atoms with Crippen molar-refractivity contribution in [3.05, 3.63) is 11.6 Å². The van der Waals surface area contributed by atoms with E-state index in [0.717, 1.165) is 32.1 Å². The molecule has 2 N–H and O–H groups in total. The number of carboxylic acids is 1. The molecule has 0 aliphatic heterocycles. The van der Waals surface area contributed by atoms with Gasteiger partial charge in [0.05, 0.1) is 0 Å². The Labute approximate surface area is 139 Å². The number of aliphatic carboxylic acids is 1. The van der Waals surface area contributed by atoms with Crippen molar-refractivity contribution in [2.75, 3.05) is 6.61 Å². The van der Waals surface area contributed by atoms with Gasteiger partial charge in [0.25, 0.3) is 0 Å². The smallest absolute Gasteiger partial charge is 0.331 e. The fourth-order valence-electron chi connectivity index (χ4n) is 7.50. The first-order chi connectivity index (χ1) is 10.8. The van der Waals surface area contributed by atoms with Gasteiger partial charge < -0.3 is 10.2 Å². The number of hydrogen-bond acceptors (Lipinski definition) is 2. The van der Waals surface area contributed by atoms with Crippen molar-refractivity contribution in [1.29, 1.82) is 0 Å². The van der Waals surface area contributed by atoms with Crippen molar-refractivity contribution < 1.29 is 15.0 Å². The number of allylic oxidation sites excluding steroid dienone is 1. The summed E-state index contributed by atoms with van der Waals surface area (Å²) < 4.78 is 0. The van der Waals surface area contributed by atoms with Crippen molar-refractivity contribution in [1.82, 2.24) is 0 Å². The quantitative estimate of drug-likeness (QED) is 0.808. The monoisotopic (exact) mass is 318 g/mol. The van der Waals surface area contributed by atoms with E-state index in [2.05, 4.69) is 19.9 Å². The van der Waals surface area contributed by atoms with E-state index < -0.39 is 5.97 Å². The third-order valence-electron chi connectivity index (χ3n) is 8.41. The minimum atomic E-state index is -0.691. The molecule has 0 aromatic heterocycles. The molecule has 0 radical (unpaired) electrons. The second kappa shape index (κ2) is 4.84. The van der Waals surface area contributed by atoms with Gasteiger partial charge in [-0.1, -0.05) is 26.3 Å². The molecule has 23 heavy (non-hydrogen) atoms. The molecule has 1 spiro atoms. The van der Waals surface area contributed by atoms with Crippen LogP contribution in [0, 0.1) is 34.0 Å². The van der Waals surface area contributed by atoms with Gasteiger partial charge in [-0.3, -0.25) is 0 Å². The second-order valence-corrected chi connectivity index (χ2v) is 9.43. The first kappa shape index (κ1) is 15.7.